The van der Waals surface area contributed by atoms with Gasteiger partial charge in [-0.3, -0.25) is 9.80 Å². The summed E-state index contributed by atoms with van der Waals surface area (Å²) in [4.78, 5) is 6.84. The van der Waals surface area contributed by atoms with E-state index in [0.717, 1.165) is 24.8 Å². The van der Waals surface area contributed by atoms with Gasteiger partial charge in [-0.05, 0) is 54.3 Å². The first-order valence-corrected chi connectivity index (χ1v) is 11.2. The smallest absolute Gasteiger partial charge is 0.118 e. The monoisotopic (exact) mass is 382 g/mol. The first-order valence-electron chi connectivity index (χ1n) is 9.96. The van der Waals surface area contributed by atoms with Crippen molar-refractivity contribution in [1.82, 2.24) is 9.80 Å². The first-order chi connectivity index (χ1) is 13.2. The van der Waals surface area contributed by atoms with Crippen LogP contribution in [0.15, 0.2) is 53.4 Å². The normalized spacial score (nSPS) is 23.3. The fourth-order valence-corrected chi connectivity index (χ4v) is 5.25. The lowest BCUT2D eigenvalue weighted by Gasteiger charge is -2.36. The Bertz CT molecular complexity index is 748. The van der Waals surface area contributed by atoms with E-state index in [2.05, 4.69) is 64.6 Å². The Morgan fingerprint density at radius 2 is 1.78 bits per heavy atom. The number of piperidine rings is 1. The second-order valence-corrected chi connectivity index (χ2v) is 8.73. The van der Waals surface area contributed by atoms with Crippen molar-refractivity contribution < 1.29 is 4.74 Å². The summed E-state index contributed by atoms with van der Waals surface area (Å²) in [6, 6.07) is 18.1. The Kier molecular flexibility index (Phi) is 6.06. The van der Waals surface area contributed by atoms with Crippen LogP contribution in [0.4, 0.5) is 0 Å². The lowest BCUT2D eigenvalue weighted by atomic mass is 9.94. The summed E-state index contributed by atoms with van der Waals surface area (Å²) in [5, 5.41) is 0. The summed E-state index contributed by atoms with van der Waals surface area (Å²) in [7, 11) is 1.73. The number of hydrogen-bond donors (Lipinski definition) is 0. The van der Waals surface area contributed by atoms with Crippen molar-refractivity contribution in [1.29, 1.82) is 0 Å². The molecule has 27 heavy (non-hydrogen) atoms. The maximum atomic E-state index is 5.29. The highest BCUT2D eigenvalue weighted by Crippen LogP contribution is 2.31. The minimum atomic E-state index is 0.678. The number of thioether (sulfide) groups is 1. The summed E-state index contributed by atoms with van der Waals surface area (Å²) >= 11 is 1.87. The van der Waals surface area contributed by atoms with Gasteiger partial charge < -0.3 is 4.74 Å². The fourth-order valence-electron chi connectivity index (χ4n) is 4.64. The first kappa shape index (κ1) is 18.9. The van der Waals surface area contributed by atoms with E-state index in [1.807, 2.05) is 11.8 Å². The zero-order valence-corrected chi connectivity index (χ0v) is 17.3. The number of fused-ring (bicyclic) bond motifs is 4. The average Bonchev–Trinajstić information content (AvgIpc) is 2.99. The van der Waals surface area contributed by atoms with Gasteiger partial charge in [-0.1, -0.05) is 30.3 Å². The summed E-state index contributed by atoms with van der Waals surface area (Å²) in [6.45, 7) is 5.79. The van der Waals surface area contributed by atoms with Crippen molar-refractivity contribution in [2.24, 2.45) is 5.92 Å². The van der Waals surface area contributed by atoms with Gasteiger partial charge in [-0.2, -0.15) is 0 Å². The number of ether oxygens (including phenoxy) is 1. The van der Waals surface area contributed by atoms with Crippen LogP contribution in [0.2, 0.25) is 0 Å². The maximum absolute atomic E-state index is 5.29. The Hall–Kier alpha value is -1.49. The van der Waals surface area contributed by atoms with Gasteiger partial charge >= 0.3 is 0 Å². The van der Waals surface area contributed by atoms with Crippen LogP contribution in [0.25, 0.3) is 0 Å². The topological polar surface area (TPSA) is 15.7 Å². The van der Waals surface area contributed by atoms with Crippen LogP contribution < -0.4 is 4.74 Å². The number of nitrogens with zero attached hydrogens (tertiary/aromatic N) is 2. The molecule has 2 atom stereocenters. The zero-order valence-electron chi connectivity index (χ0n) is 16.4. The second-order valence-electron chi connectivity index (χ2n) is 7.88. The Morgan fingerprint density at radius 3 is 2.56 bits per heavy atom. The molecule has 2 aromatic rings. The van der Waals surface area contributed by atoms with Crippen LogP contribution in [0.1, 0.15) is 24.0 Å². The highest BCUT2D eigenvalue weighted by Gasteiger charge is 2.34. The molecule has 2 aromatic carbocycles. The van der Waals surface area contributed by atoms with Crippen LogP contribution >= 0.6 is 11.8 Å². The van der Waals surface area contributed by atoms with Crippen molar-refractivity contribution in [2.45, 2.75) is 36.9 Å². The maximum Gasteiger partial charge on any atom is 0.118 e. The van der Waals surface area contributed by atoms with Gasteiger partial charge in [0.25, 0.3) is 0 Å². The molecular formula is C23H30N2OS. The predicted octanol–water partition coefficient (Wildman–Crippen LogP) is 4.51. The highest BCUT2D eigenvalue weighted by molar-refractivity contribution is 7.98. The van der Waals surface area contributed by atoms with Gasteiger partial charge in [-0.25, -0.2) is 0 Å². The summed E-state index contributed by atoms with van der Waals surface area (Å²) in [5.41, 5.74) is 2.87. The van der Waals surface area contributed by atoms with Crippen LogP contribution in [-0.4, -0.2) is 48.8 Å². The molecule has 2 bridgehead atoms. The lowest BCUT2D eigenvalue weighted by Crippen LogP contribution is -2.43. The Labute approximate surface area is 167 Å². The third-order valence-corrected chi connectivity index (χ3v) is 6.87. The van der Waals surface area contributed by atoms with Crippen molar-refractivity contribution >= 4 is 11.8 Å². The van der Waals surface area contributed by atoms with E-state index in [0.29, 0.717) is 6.04 Å². The van der Waals surface area contributed by atoms with Gasteiger partial charge in [0.1, 0.15) is 5.75 Å². The van der Waals surface area contributed by atoms with E-state index in [1.165, 1.54) is 48.5 Å². The van der Waals surface area contributed by atoms with E-state index < -0.39 is 0 Å². The van der Waals surface area contributed by atoms with E-state index in [1.54, 1.807) is 7.11 Å². The Balaban J connectivity index is 1.43. The van der Waals surface area contributed by atoms with Crippen molar-refractivity contribution in [3.63, 3.8) is 0 Å². The molecule has 3 aliphatic heterocycles. The molecule has 3 saturated heterocycles. The number of methoxy groups -OCH3 is 1. The molecular weight excluding hydrogens is 352 g/mol. The molecule has 3 heterocycles. The van der Waals surface area contributed by atoms with Gasteiger partial charge in [0.05, 0.1) is 7.11 Å². The molecule has 0 amide bonds. The van der Waals surface area contributed by atoms with Gasteiger partial charge in [0.2, 0.25) is 0 Å². The summed E-state index contributed by atoms with van der Waals surface area (Å²) in [5.74, 6) is 1.73. The number of benzene rings is 2. The predicted molar refractivity (Wildman–Crippen MR) is 113 cm³/mol. The van der Waals surface area contributed by atoms with Crippen molar-refractivity contribution in [2.75, 3.05) is 33.0 Å². The highest BCUT2D eigenvalue weighted by atomic mass is 32.2. The molecule has 0 N–H and O–H groups in total. The molecule has 4 heteroatoms. The van der Waals surface area contributed by atoms with Crippen LogP contribution in [0.5, 0.6) is 5.75 Å². The van der Waals surface area contributed by atoms with Gasteiger partial charge in [-0.15, -0.1) is 11.8 Å². The minimum Gasteiger partial charge on any atom is -0.497 e. The van der Waals surface area contributed by atoms with E-state index in [9.17, 15) is 0 Å². The van der Waals surface area contributed by atoms with Gasteiger partial charge in [0, 0.05) is 43.7 Å². The van der Waals surface area contributed by atoms with Crippen LogP contribution in [-0.2, 0) is 13.1 Å². The molecule has 0 aromatic heterocycles. The average molecular weight is 383 g/mol. The quantitative estimate of drug-likeness (QED) is 0.683. The SMILES string of the molecule is COc1ccc(CN2C[C@@H]3CC[C@H](C2)N(Cc2ccccc2SC)C3)cc1. The summed E-state index contributed by atoms with van der Waals surface area (Å²) in [6.07, 6.45) is 4.90. The summed E-state index contributed by atoms with van der Waals surface area (Å²) < 4.78 is 5.29. The standard InChI is InChI=1S/C23H30N2OS/c1-26-22-11-8-18(9-12-22)13-24-14-19-7-10-21(17-24)25(15-19)16-20-5-3-4-6-23(20)27-2/h3-6,8-9,11-12,19,21H,7,10,13-17H2,1-2H3/t19-,21+/m0/s1. The lowest BCUT2D eigenvalue weighted by molar-refractivity contribution is 0.122. The second kappa shape index (κ2) is 8.68. The third-order valence-electron chi connectivity index (χ3n) is 6.03. The molecule has 0 spiro atoms. The van der Waals surface area contributed by atoms with Crippen molar-refractivity contribution in [3.05, 3.63) is 59.7 Å². The number of rotatable bonds is 6. The number of hydrogen-bond acceptors (Lipinski definition) is 4. The molecule has 3 fully saturated rings. The Morgan fingerprint density at radius 1 is 0.963 bits per heavy atom. The third kappa shape index (κ3) is 4.50. The minimum absolute atomic E-state index is 0.678. The van der Waals surface area contributed by atoms with E-state index in [4.69, 9.17) is 4.74 Å². The molecule has 0 unspecified atom stereocenters. The van der Waals surface area contributed by atoms with E-state index in [-0.39, 0.29) is 0 Å². The largest absolute Gasteiger partial charge is 0.497 e. The molecule has 3 nitrogen and oxygen atoms in total. The van der Waals surface area contributed by atoms with Crippen LogP contribution in [0, 0.1) is 5.92 Å². The molecule has 0 radical (unpaired) electrons. The molecule has 3 aliphatic rings. The molecule has 0 aliphatic carbocycles. The fraction of sp³-hybridized carbons (Fsp3) is 0.478. The molecule has 5 rings (SSSR count). The molecule has 0 saturated carbocycles. The molecule has 144 valence electrons. The van der Waals surface area contributed by atoms with Crippen molar-refractivity contribution in [3.8, 4) is 5.75 Å². The van der Waals surface area contributed by atoms with Crippen LogP contribution in [0.3, 0.4) is 0 Å². The van der Waals surface area contributed by atoms with Gasteiger partial charge in [0.15, 0.2) is 0 Å². The van der Waals surface area contributed by atoms with E-state index >= 15 is 0 Å². The zero-order chi connectivity index (χ0) is 18.6.